The molecule has 2 N–H and O–H groups in total. The number of hydrogen-bond acceptors (Lipinski definition) is 6. The van der Waals surface area contributed by atoms with Crippen LogP contribution in [-0.4, -0.2) is 64.6 Å². The number of carbonyl (C=O) groups excluding carboxylic acids is 1. The van der Waals surface area contributed by atoms with Crippen molar-refractivity contribution in [3.8, 4) is 28.3 Å². The van der Waals surface area contributed by atoms with Crippen molar-refractivity contribution in [1.82, 2.24) is 20.2 Å². The number of aliphatic carboxylic acids is 1. The topological polar surface area (TPSA) is 105 Å². The molecule has 0 saturated heterocycles. The molecule has 220 valence electrons. The van der Waals surface area contributed by atoms with Gasteiger partial charge in [-0.2, -0.15) is 0 Å². The van der Waals surface area contributed by atoms with E-state index in [2.05, 4.69) is 15.2 Å². The van der Waals surface area contributed by atoms with Gasteiger partial charge in [-0.3, -0.25) is 9.78 Å². The Balaban J connectivity index is 1.34. The Hall–Kier alpha value is -3.49. The van der Waals surface area contributed by atoms with Crippen LogP contribution in [0.4, 0.5) is 0 Å². The lowest BCUT2D eigenvalue weighted by molar-refractivity contribution is -0.163. The highest BCUT2D eigenvalue weighted by Gasteiger charge is 2.62. The van der Waals surface area contributed by atoms with Gasteiger partial charge >= 0.3 is 5.97 Å². The van der Waals surface area contributed by atoms with E-state index >= 15 is 0 Å². The second kappa shape index (κ2) is 11.7. The first kappa shape index (κ1) is 28.6. The second-order valence-electron chi connectivity index (χ2n) is 12.4. The van der Waals surface area contributed by atoms with Crippen LogP contribution in [0.1, 0.15) is 49.0 Å². The fourth-order valence-electron chi connectivity index (χ4n) is 7.64. The molecule has 0 aliphatic heterocycles. The molecule has 42 heavy (non-hydrogen) atoms. The van der Waals surface area contributed by atoms with Gasteiger partial charge < -0.3 is 20.1 Å². The minimum atomic E-state index is -1.25. The number of pyridine rings is 2. The van der Waals surface area contributed by atoms with Crippen molar-refractivity contribution in [3.05, 3.63) is 65.4 Å². The quantitative estimate of drug-likeness (QED) is 0.288. The largest absolute Gasteiger partial charge is 0.492 e. The van der Waals surface area contributed by atoms with Crippen LogP contribution in [0.3, 0.4) is 0 Å². The van der Waals surface area contributed by atoms with Gasteiger partial charge in [0.25, 0.3) is 5.91 Å². The van der Waals surface area contributed by atoms with Crippen LogP contribution in [0.15, 0.2) is 54.7 Å². The van der Waals surface area contributed by atoms with E-state index in [1.807, 2.05) is 50.5 Å². The van der Waals surface area contributed by atoms with Crippen LogP contribution in [0.25, 0.3) is 22.5 Å². The van der Waals surface area contributed by atoms with Crippen molar-refractivity contribution < 1.29 is 19.4 Å². The number of aromatic nitrogens is 2. The number of carboxylic acid groups (broad SMARTS) is 1. The number of halogens is 1. The van der Waals surface area contributed by atoms with Gasteiger partial charge in [-0.25, -0.2) is 9.78 Å². The standard InChI is InChI=1S/C33H37ClN4O4/c1-38(2)12-5-13-42-29-19-22(7-9-26(29)34)30-25(27-6-3-4-11-35-27)8-10-28(36-30)31(39)37-33(32(40)41)23-15-20-14-21(17-23)18-24(33)16-20/h3-4,6-11,19-21,23-24H,5,12-18H2,1-2H3,(H,37,39)(H,40,41). The van der Waals surface area contributed by atoms with Crippen LogP contribution >= 0.6 is 11.6 Å². The number of rotatable bonds is 10. The van der Waals surface area contributed by atoms with Crippen molar-refractivity contribution in [2.75, 3.05) is 27.2 Å². The number of nitrogens with zero attached hydrogens (tertiary/aromatic N) is 3. The zero-order valence-corrected chi connectivity index (χ0v) is 24.8. The van der Waals surface area contributed by atoms with Gasteiger partial charge in [-0.1, -0.05) is 23.7 Å². The third-order valence-corrected chi connectivity index (χ3v) is 9.69. The maximum atomic E-state index is 13.8. The molecule has 0 atom stereocenters. The van der Waals surface area contributed by atoms with E-state index in [-0.39, 0.29) is 17.5 Å². The lowest BCUT2D eigenvalue weighted by Crippen LogP contribution is -2.70. The Kier molecular flexibility index (Phi) is 7.94. The van der Waals surface area contributed by atoms with Gasteiger partial charge in [0.15, 0.2) is 0 Å². The van der Waals surface area contributed by atoms with Crippen molar-refractivity contribution in [2.45, 2.75) is 44.1 Å². The number of amides is 1. The van der Waals surface area contributed by atoms with Crippen LogP contribution < -0.4 is 10.1 Å². The van der Waals surface area contributed by atoms with Crippen molar-refractivity contribution in [3.63, 3.8) is 0 Å². The highest BCUT2D eigenvalue weighted by Crippen LogP contribution is 2.58. The Labute approximate surface area is 251 Å². The molecule has 3 aromatic rings. The lowest BCUT2D eigenvalue weighted by atomic mass is 9.48. The summed E-state index contributed by atoms with van der Waals surface area (Å²) in [6, 6.07) is 14.6. The normalized spacial score (nSPS) is 25.9. The van der Waals surface area contributed by atoms with E-state index in [0.29, 0.717) is 40.6 Å². The molecule has 0 radical (unpaired) electrons. The Morgan fingerprint density at radius 1 is 1.05 bits per heavy atom. The molecule has 2 heterocycles. The molecule has 9 heteroatoms. The van der Waals surface area contributed by atoms with E-state index in [1.54, 1.807) is 18.3 Å². The zero-order valence-electron chi connectivity index (χ0n) is 24.1. The fourth-order valence-corrected chi connectivity index (χ4v) is 7.82. The van der Waals surface area contributed by atoms with E-state index in [0.717, 1.165) is 49.8 Å². The molecule has 4 aliphatic carbocycles. The smallest absolute Gasteiger partial charge is 0.330 e. The molecule has 2 aromatic heterocycles. The molecule has 4 saturated carbocycles. The molecule has 0 unspecified atom stereocenters. The Bertz CT molecular complexity index is 1450. The summed E-state index contributed by atoms with van der Waals surface area (Å²) in [7, 11) is 4.03. The zero-order chi connectivity index (χ0) is 29.4. The number of ether oxygens (including phenoxy) is 1. The summed E-state index contributed by atoms with van der Waals surface area (Å²) >= 11 is 6.49. The molecular formula is C33H37ClN4O4. The summed E-state index contributed by atoms with van der Waals surface area (Å²) in [4.78, 5) is 38.1. The minimum absolute atomic E-state index is 0.0501. The maximum Gasteiger partial charge on any atom is 0.330 e. The maximum absolute atomic E-state index is 13.8. The molecule has 0 spiro atoms. The molecular weight excluding hydrogens is 552 g/mol. The summed E-state index contributed by atoms with van der Waals surface area (Å²) in [5.74, 6) is 0.190. The average molecular weight is 589 g/mol. The summed E-state index contributed by atoms with van der Waals surface area (Å²) < 4.78 is 6.02. The monoisotopic (exact) mass is 588 g/mol. The lowest BCUT2D eigenvalue weighted by Gasteiger charge is -2.59. The fraction of sp³-hybridized carbons (Fsp3) is 0.455. The molecule has 4 bridgehead atoms. The summed E-state index contributed by atoms with van der Waals surface area (Å²) in [6.45, 7) is 1.40. The number of carboxylic acids is 1. The first-order valence-corrected chi connectivity index (χ1v) is 15.2. The minimum Gasteiger partial charge on any atom is -0.492 e. The van der Waals surface area contributed by atoms with Crippen LogP contribution in [0, 0.1) is 23.7 Å². The molecule has 7 rings (SSSR count). The van der Waals surface area contributed by atoms with Gasteiger partial charge in [0, 0.05) is 23.9 Å². The van der Waals surface area contributed by atoms with Crippen molar-refractivity contribution in [2.24, 2.45) is 23.7 Å². The van der Waals surface area contributed by atoms with E-state index in [1.165, 1.54) is 6.42 Å². The second-order valence-corrected chi connectivity index (χ2v) is 12.8. The number of benzene rings is 1. The van der Waals surface area contributed by atoms with Crippen LogP contribution in [-0.2, 0) is 4.79 Å². The predicted molar refractivity (Wildman–Crippen MR) is 161 cm³/mol. The Morgan fingerprint density at radius 3 is 2.43 bits per heavy atom. The Morgan fingerprint density at radius 2 is 1.79 bits per heavy atom. The molecule has 4 fully saturated rings. The van der Waals surface area contributed by atoms with E-state index in [9.17, 15) is 14.7 Å². The highest BCUT2D eigenvalue weighted by molar-refractivity contribution is 6.32. The van der Waals surface area contributed by atoms with E-state index in [4.69, 9.17) is 21.3 Å². The summed E-state index contributed by atoms with van der Waals surface area (Å²) in [5.41, 5.74) is 1.64. The van der Waals surface area contributed by atoms with Gasteiger partial charge in [0.1, 0.15) is 17.0 Å². The number of hydrogen-bond donors (Lipinski definition) is 2. The van der Waals surface area contributed by atoms with Crippen LogP contribution in [0.5, 0.6) is 5.75 Å². The summed E-state index contributed by atoms with van der Waals surface area (Å²) in [6.07, 6.45) is 7.19. The number of nitrogens with one attached hydrogen (secondary N) is 1. The molecule has 8 nitrogen and oxygen atoms in total. The number of carbonyl (C=O) groups is 2. The summed E-state index contributed by atoms with van der Waals surface area (Å²) in [5, 5.41) is 14.0. The van der Waals surface area contributed by atoms with Gasteiger partial charge in [0.2, 0.25) is 0 Å². The van der Waals surface area contributed by atoms with Crippen LogP contribution in [0.2, 0.25) is 5.02 Å². The first-order chi connectivity index (χ1) is 20.2. The van der Waals surface area contributed by atoms with Crippen molar-refractivity contribution >= 4 is 23.5 Å². The molecule has 1 amide bonds. The first-order valence-electron chi connectivity index (χ1n) is 14.8. The third-order valence-electron chi connectivity index (χ3n) is 9.38. The third kappa shape index (κ3) is 5.38. The SMILES string of the molecule is CN(C)CCCOc1cc(-c2nc(C(=O)NC3(C(=O)O)C4CC5CC(C4)CC3C5)ccc2-c2ccccn2)ccc1Cl. The van der Waals surface area contributed by atoms with E-state index < -0.39 is 17.4 Å². The molecule has 1 aromatic carbocycles. The van der Waals surface area contributed by atoms with Gasteiger partial charge in [0.05, 0.1) is 23.0 Å². The highest BCUT2D eigenvalue weighted by atomic mass is 35.5. The van der Waals surface area contributed by atoms with Crippen molar-refractivity contribution in [1.29, 1.82) is 0 Å². The predicted octanol–water partition coefficient (Wildman–Crippen LogP) is 5.80. The molecule has 4 aliphatic rings. The average Bonchev–Trinajstić information content (AvgIpc) is 2.97. The van der Waals surface area contributed by atoms with Gasteiger partial charge in [-0.15, -0.1) is 0 Å². The van der Waals surface area contributed by atoms with Gasteiger partial charge in [-0.05, 0) is 113 Å².